The van der Waals surface area contributed by atoms with Crippen molar-refractivity contribution in [2.45, 2.75) is 25.4 Å². The maximum atomic E-state index is 5.89. The first-order valence-corrected chi connectivity index (χ1v) is 9.56. The first kappa shape index (κ1) is 18.9. The van der Waals surface area contributed by atoms with Crippen LogP contribution in [-0.2, 0) is 0 Å². The molecule has 2 atom stereocenters. The minimum absolute atomic E-state index is 0.0487. The molecule has 0 radical (unpaired) electrons. The quantitative estimate of drug-likeness (QED) is 0.660. The van der Waals surface area contributed by atoms with Gasteiger partial charge in [0.25, 0.3) is 0 Å². The van der Waals surface area contributed by atoms with E-state index in [1.54, 1.807) is 14.2 Å². The minimum Gasteiger partial charge on any atom is -0.494 e. The summed E-state index contributed by atoms with van der Waals surface area (Å²) in [6.07, 6.45) is 0.777. The van der Waals surface area contributed by atoms with E-state index in [1.165, 1.54) is 0 Å². The van der Waals surface area contributed by atoms with Gasteiger partial charge >= 0.3 is 0 Å². The van der Waals surface area contributed by atoms with Crippen molar-refractivity contribution >= 4 is 11.9 Å². The molecule has 8 heteroatoms. The maximum Gasteiger partial charge on any atom is 0.241 e. The molecule has 0 spiro atoms. The number of rotatable bonds is 6. The Morgan fingerprint density at radius 1 is 1.07 bits per heavy atom. The number of benzene rings is 2. The van der Waals surface area contributed by atoms with Gasteiger partial charge in [0.15, 0.2) is 11.5 Å². The Balaban J connectivity index is 1.69. The summed E-state index contributed by atoms with van der Waals surface area (Å²) in [5, 5.41) is 7.85. The Labute approximate surface area is 169 Å². The molecule has 2 aromatic carbocycles. The zero-order chi connectivity index (χ0) is 20.4. The van der Waals surface area contributed by atoms with Crippen LogP contribution in [0.5, 0.6) is 17.2 Å². The molecular weight excluding hydrogens is 370 g/mol. The molecule has 0 fully saturated rings. The number of nitrogens with zero attached hydrogens (tertiary/aromatic N) is 3. The molecule has 4 rings (SSSR count). The van der Waals surface area contributed by atoms with Gasteiger partial charge in [0, 0.05) is 0 Å². The van der Waals surface area contributed by atoms with Crippen molar-refractivity contribution in [3.63, 3.8) is 0 Å². The molecule has 0 unspecified atom stereocenters. The Bertz CT molecular complexity index is 986. The van der Waals surface area contributed by atoms with Crippen molar-refractivity contribution in [3.8, 4) is 17.2 Å². The third-order valence-corrected chi connectivity index (χ3v) is 5.09. The molecule has 152 valence electrons. The van der Waals surface area contributed by atoms with Crippen molar-refractivity contribution in [1.29, 1.82) is 0 Å². The van der Waals surface area contributed by atoms with Gasteiger partial charge in [-0.2, -0.15) is 4.98 Å². The number of nitrogens with two attached hydrogens (primary N) is 1. The predicted octanol–water partition coefficient (Wildman–Crippen LogP) is 3.42. The van der Waals surface area contributed by atoms with Crippen molar-refractivity contribution in [3.05, 3.63) is 53.6 Å². The summed E-state index contributed by atoms with van der Waals surface area (Å²) >= 11 is 0. The molecule has 8 nitrogen and oxygen atoms in total. The summed E-state index contributed by atoms with van der Waals surface area (Å²) in [5.41, 5.74) is 8.09. The van der Waals surface area contributed by atoms with Gasteiger partial charge in [0.05, 0.1) is 32.9 Å². The normalized spacial score (nSPS) is 17.9. The molecule has 3 N–H and O–H groups in total. The Morgan fingerprint density at radius 3 is 2.48 bits per heavy atom. The second kappa shape index (κ2) is 7.90. The van der Waals surface area contributed by atoms with Gasteiger partial charge in [-0.15, -0.1) is 5.10 Å². The van der Waals surface area contributed by atoms with Gasteiger partial charge < -0.3 is 25.3 Å². The molecule has 1 aliphatic rings. The van der Waals surface area contributed by atoms with Crippen molar-refractivity contribution in [2.24, 2.45) is 0 Å². The first-order valence-electron chi connectivity index (χ1n) is 9.56. The number of hydrogen-bond donors (Lipinski definition) is 2. The highest BCUT2D eigenvalue weighted by molar-refractivity contribution is 5.47. The van der Waals surface area contributed by atoms with Crippen LogP contribution in [0.25, 0.3) is 0 Å². The SMILES string of the molecule is CCOc1ccc([C@H]2C[C@@H](c3ccc(OC)c(OC)c3)n3nc(N)nc3N2)cc1. The predicted molar refractivity (Wildman–Crippen MR) is 111 cm³/mol. The van der Waals surface area contributed by atoms with E-state index in [9.17, 15) is 0 Å². The summed E-state index contributed by atoms with van der Waals surface area (Å²) < 4.78 is 18.2. The van der Waals surface area contributed by atoms with Crippen LogP contribution in [0, 0.1) is 0 Å². The first-order chi connectivity index (χ1) is 14.1. The second-order valence-electron chi connectivity index (χ2n) is 6.80. The average molecular weight is 395 g/mol. The zero-order valence-electron chi connectivity index (χ0n) is 16.8. The summed E-state index contributed by atoms with van der Waals surface area (Å²) in [4.78, 5) is 4.36. The van der Waals surface area contributed by atoms with Crippen LogP contribution < -0.4 is 25.3 Å². The molecule has 0 amide bonds. The van der Waals surface area contributed by atoms with E-state index < -0.39 is 0 Å². The highest BCUT2D eigenvalue weighted by atomic mass is 16.5. The van der Waals surface area contributed by atoms with E-state index in [-0.39, 0.29) is 18.0 Å². The molecule has 0 saturated carbocycles. The number of aromatic nitrogens is 3. The lowest BCUT2D eigenvalue weighted by Crippen LogP contribution is -2.28. The molecular formula is C21H25N5O3. The number of nitrogens with one attached hydrogen (secondary N) is 1. The summed E-state index contributed by atoms with van der Waals surface area (Å²) in [6, 6.07) is 14.0. The summed E-state index contributed by atoms with van der Waals surface area (Å²) in [5.74, 6) is 3.11. The van der Waals surface area contributed by atoms with Gasteiger partial charge in [-0.05, 0) is 48.7 Å². The van der Waals surface area contributed by atoms with E-state index in [0.717, 1.165) is 23.3 Å². The van der Waals surface area contributed by atoms with E-state index in [0.29, 0.717) is 24.1 Å². The topological polar surface area (TPSA) is 96.5 Å². The fourth-order valence-corrected chi connectivity index (χ4v) is 3.71. The van der Waals surface area contributed by atoms with Crippen LogP contribution >= 0.6 is 0 Å². The van der Waals surface area contributed by atoms with Crippen LogP contribution in [0.3, 0.4) is 0 Å². The third kappa shape index (κ3) is 3.65. The molecule has 3 aromatic rings. The van der Waals surface area contributed by atoms with Crippen molar-refractivity contribution < 1.29 is 14.2 Å². The van der Waals surface area contributed by atoms with Gasteiger partial charge in [-0.1, -0.05) is 18.2 Å². The van der Waals surface area contributed by atoms with Crippen LogP contribution in [0.15, 0.2) is 42.5 Å². The smallest absolute Gasteiger partial charge is 0.241 e. The molecule has 0 saturated heterocycles. The number of fused-ring (bicyclic) bond motifs is 1. The standard InChI is InChI=1S/C21H25N5O3/c1-4-29-15-8-5-13(6-9-15)16-12-17(26-21(23-16)24-20(22)25-26)14-7-10-18(27-2)19(11-14)28-3/h5-11,16-17H,4,12H2,1-3H3,(H3,22,23,24,25)/t16-,17+/m1/s1. The van der Waals surface area contributed by atoms with Crippen molar-refractivity contribution in [1.82, 2.24) is 14.8 Å². The van der Waals surface area contributed by atoms with E-state index in [2.05, 4.69) is 27.5 Å². The van der Waals surface area contributed by atoms with Crippen LogP contribution in [0.1, 0.15) is 36.6 Å². The minimum atomic E-state index is -0.0487. The zero-order valence-corrected chi connectivity index (χ0v) is 16.8. The lowest BCUT2D eigenvalue weighted by molar-refractivity contribution is 0.340. The number of ether oxygens (including phenoxy) is 3. The molecule has 0 aliphatic carbocycles. The number of methoxy groups -OCH3 is 2. The highest BCUT2D eigenvalue weighted by Gasteiger charge is 2.31. The number of anilines is 2. The van der Waals surface area contributed by atoms with E-state index >= 15 is 0 Å². The lowest BCUT2D eigenvalue weighted by Gasteiger charge is -2.32. The van der Waals surface area contributed by atoms with Gasteiger partial charge in [0.2, 0.25) is 11.9 Å². The van der Waals surface area contributed by atoms with Crippen LogP contribution in [0.2, 0.25) is 0 Å². The van der Waals surface area contributed by atoms with Crippen LogP contribution in [0.4, 0.5) is 11.9 Å². The monoisotopic (exact) mass is 395 g/mol. The molecule has 1 aliphatic heterocycles. The summed E-state index contributed by atoms with van der Waals surface area (Å²) in [6.45, 7) is 2.62. The van der Waals surface area contributed by atoms with E-state index in [1.807, 2.05) is 41.9 Å². The lowest BCUT2D eigenvalue weighted by atomic mass is 9.93. The van der Waals surface area contributed by atoms with Gasteiger partial charge in [-0.3, -0.25) is 0 Å². The fourth-order valence-electron chi connectivity index (χ4n) is 3.71. The Kier molecular flexibility index (Phi) is 5.16. The van der Waals surface area contributed by atoms with E-state index in [4.69, 9.17) is 19.9 Å². The van der Waals surface area contributed by atoms with Crippen molar-refractivity contribution in [2.75, 3.05) is 31.9 Å². The molecule has 0 bridgehead atoms. The van der Waals surface area contributed by atoms with Gasteiger partial charge in [-0.25, -0.2) is 4.68 Å². The highest BCUT2D eigenvalue weighted by Crippen LogP contribution is 2.40. The Morgan fingerprint density at radius 2 is 1.79 bits per heavy atom. The maximum absolute atomic E-state index is 5.89. The molecule has 2 heterocycles. The largest absolute Gasteiger partial charge is 0.494 e. The second-order valence-corrected chi connectivity index (χ2v) is 6.80. The van der Waals surface area contributed by atoms with Gasteiger partial charge in [0.1, 0.15) is 5.75 Å². The Hall–Kier alpha value is -3.42. The number of hydrogen-bond acceptors (Lipinski definition) is 7. The third-order valence-electron chi connectivity index (χ3n) is 5.09. The number of nitrogen functional groups attached to an aromatic ring is 1. The fraction of sp³-hybridized carbons (Fsp3) is 0.333. The molecule has 1 aromatic heterocycles. The molecule has 29 heavy (non-hydrogen) atoms. The summed E-state index contributed by atoms with van der Waals surface area (Å²) in [7, 11) is 3.26. The average Bonchev–Trinajstić information content (AvgIpc) is 3.13. The van der Waals surface area contributed by atoms with Crippen LogP contribution in [-0.4, -0.2) is 35.6 Å².